The lowest BCUT2D eigenvalue weighted by atomic mass is 10.3. The highest BCUT2D eigenvalue weighted by molar-refractivity contribution is 14.1. The number of aromatic nitrogens is 5. The Morgan fingerprint density at radius 3 is 2.77 bits per heavy atom. The summed E-state index contributed by atoms with van der Waals surface area (Å²) >= 11 is 2.20. The minimum absolute atomic E-state index is 0.555. The van der Waals surface area contributed by atoms with Gasteiger partial charge in [0.15, 0.2) is 0 Å². The topological polar surface area (TPSA) is 56.5 Å². The molecule has 2 heterocycles. The van der Waals surface area contributed by atoms with Gasteiger partial charge in [-0.3, -0.25) is 4.98 Å². The van der Waals surface area contributed by atoms with Crippen LogP contribution in [0.25, 0.3) is 11.5 Å². The molecule has 2 aromatic heterocycles. The fourth-order valence-electron chi connectivity index (χ4n) is 0.895. The Hall–Kier alpha value is -1.05. The number of pyridine rings is 1. The first kappa shape index (κ1) is 8.54. The summed E-state index contributed by atoms with van der Waals surface area (Å²) in [6.45, 7) is 0. The molecule has 0 aliphatic carbocycles. The van der Waals surface area contributed by atoms with Crippen molar-refractivity contribution in [2.45, 2.75) is 0 Å². The van der Waals surface area contributed by atoms with Crippen LogP contribution in [-0.4, -0.2) is 25.2 Å². The normalized spacial score (nSPS) is 10.3. The summed E-state index contributed by atoms with van der Waals surface area (Å²) in [6.07, 6.45) is 1.77. The summed E-state index contributed by atoms with van der Waals surface area (Å²) in [5, 5.41) is 11.6. The number of tetrazole rings is 1. The minimum atomic E-state index is 0.555. The van der Waals surface area contributed by atoms with E-state index in [1.54, 1.807) is 13.2 Å². The van der Waals surface area contributed by atoms with E-state index in [0.29, 0.717) is 5.82 Å². The SMILES string of the molecule is Cn1nnc(-c2ccc(I)cn2)n1. The van der Waals surface area contributed by atoms with E-state index in [1.807, 2.05) is 12.1 Å². The molecule has 66 valence electrons. The average molecular weight is 287 g/mol. The van der Waals surface area contributed by atoms with Crippen LogP contribution in [0.5, 0.6) is 0 Å². The Morgan fingerprint density at radius 2 is 2.23 bits per heavy atom. The fourth-order valence-corrected chi connectivity index (χ4v) is 1.21. The van der Waals surface area contributed by atoms with Crippen molar-refractivity contribution in [2.24, 2.45) is 7.05 Å². The van der Waals surface area contributed by atoms with Crippen LogP contribution in [0.2, 0.25) is 0 Å². The van der Waals surface area contributed by atoms with Crippen molar-refractivity contribution in [3.8, 4) is 11.5 Å². The fraction of sp³-hybridized carbons (Fsp3) is 0.143. The van der Waals surface area contributed by atoms with Gasteiger partial charge in [0.25, 0.3) is 0 Å². The molecule has 0 bridgehead atoms. The van der Waals surface area contributed by atoms with Gasteiger partial charge in [-0.1, -0.05) is 0 Å². The Balaban J connectivity index is 2.41. The Bertz CT molecular complexity index is 407. The van der Waals surface area contributed by atoms with Gasteiger partial charge in [-0.25, -0.2) is 0 Å². The summed E-state index contributed by atoms with van der Waals surface area (Å²) < 4.78 is 1.09. The third kappa shape index (κ3) is 1.82. The van der Waals surface area contributed by atoms with Crippen LogP contribution in [-0.2, 0) is 7.05 Å². The number of hydrogen-bond donors (Lipinski definition) is 0. The summed E-state index contributed by atoms with van der Waals surface area (Å²) in [6, 6.07) is 3.83. The van der Waals surface area contributed by atoms with E-state index < -0.39 is 0 Å². The summed E-state index contributed by atoms with van der Waals surface area (Å²) in [7, 11) is 1.73. The van der Waals surface area contributed by atoms with Gasteiger partial charge < -0.3 is 0 Å². The molecule has 0 radical (unpaired) electrons. The van der Waals surface area contributed by atoms with E-state index in [-0.39, 0.29) is 0 Å². The highest BCUT2D eigenvalue weighted by Gasteiger charge is 2.04. The number of nitrogens with zero attached hydrogens (tertiary/aromatic N) is 5. The summed E-state index contributed by atoms with van der Waals surface area (Å²) in [4.78, 5) is 5.59. The molecule has 0 aromatic carbocycles. The van der Waals surface area contributed by atoms with Gasteiger partial charge in [-0.15, -0.1) is 10.2 Å². The quantitative estimate of drug-likeness (QED) is 0.730. The highest BCUT2D eigenvalue weighted by Crippen LogP contribution is 2.11. The molecule has 0 saturated carbocycles. The van der Waals surface area contributed by atoms with Crippen molar-refractivity contribution in [1.29, 1.82) is 0 Å². The zero-order valence-corrected chi connectivity index (χ0v) is 9.00. The smallest absolute Gasteiger partial charge is 0.223 e. The molecular formula is C7H6IN5. The van der Waals surface area contributed by atoms with Crippen molar-refractivity contribution in [1.82, 2.24) is 25.2 Å². The van der Waals surface area contributed by atoms with Crippen molar-refractivity contribution in [3.63, 3.8) is 0 Å². The van der Waals surface area contributed by atoms with Crippen LogP contribution < -0.4 is 0 Å². The third-order valence-electron chi connectivity index (χ3n) is 1.46. The molecule has 6 heteroatoms. The molecule has 0 unspecified atom stereocenters. The standard InChI is InChI=1S/C7H6IN5/c1-13-11-7(10-12-13)6-3-2-5(8)4-9-6/h2-4H,1H3. The molecule has 0 aliphatic rings. The molecule has 0 saturated heterocycles. The van der Waals surface area contributed by atoms with Gasteiger partial charge in [0.2, 0.25) is 5.82 Å². The Kier molecular flexibility index (Phi) is 2.21. The number of rotatable bonds is 1. The van der Waals surface area contributed by atoms with E-state index in [1.165, 1.54) is 4.80 Å². The highest BCUT2D eigenvalue weighted by atomic mass is 127. The van der Waals surface area contributed by atoms with Crippen LogP contribution in [0.4, 0.5) is 0 Å². The number of halogens is 1. The van der Waals surface area contributed by atoms with Gasteiger partial charge in [0.1, 0.15) is 5.69 Å². The first-order valence-corrected chi connectivity index (χ1v) is 4.69. The zero-order chi connectivity index (χ0) is 9.26. The van der Waals surface area contributed by atoms with Crippen molar-refractivity contribution in [2.75, 3.05) is 0 Å². The monoisotopic (exact) mass is 287 g/mol. The van der Waals surface area contributed by atoms with Crippen LogP contribution in [0.15, 0.2) is 18.3 Å². The van der Waals surface area contributed by atoms with E-state index in [4.69, 9.17) is 0 Å². The molecule has 2 aromatic rings. The largest absolute Gasteiger partial charge is 0.252 e. The van der Waals surface area contributed by atoms with Gasteiger partial charge >= 0.3 is 0 Å². The van der Waals surface area contributed by atoms with Crippen LogP contribution in [0.1, 0.15) is 0 Å². The first-order valence-electron chi connectivity index (χ1n) is 3.61. The molecule has 0 aliphatic heterocycles. The predicted octanol–water partition coefficient (Wildman–Crippen LogP) is 0.877. The third-order valence-corrected chi connectivity index (χ3v) is 2.10. The lowest BCUT2D eigenvalue weighted by Gasteiger charge is -1.92. The molecular weight excluding hydrogens is 281 g/mol. The summed E-state index contributed by atoms with van der Waals surface area (Å²) in [5.41, 5.74) is 0.744. The second-order valence-electron chi connectivity index (χ2n) is 2.46. The Morgan fingerprint density at radius 1 is 1.38 bits per heavy atom. The van der Waals surface area contributed by atoms with Crippen molar-refractivity contribution in [3.05, 3.63) is 21.9 Å². The first-order chi connectivity index (χ1) is 6.25. The maximum absolute atomic E-state index is 4.18. The predicted molar refractivity (Wildman–Crippen MR) is 54.7 cm³/mol. The van der Waals surface area contributed by atoms with E-state index in [0.717, 1.165) is 9.26 Å². The maximum Gasteiger partial charge on any atom is 0.223 e. The average Bonchev–Trinajstić information content (AvgIpc) is 2.53. The number of hydrogen-bond acceptors (Lipinski definition) is 4. The van der Waals surface area contributed by atoms with Crippen molar-refractivity contribution >= 4 is 22.6 Å². The molecule has 0 spiro atoms. The lowest BCUT2D eigenvalue weighted by Crippen LogP contribution is -1.92. The second-order valence-corrected chi connectivity index (χ2v) is 3.71. The Labute approximate surface area is 88.3 Å². The maximum atomic E-state index is 4.18. The van der Waals surface area contributed by atoms with Crippen molar-refractivity contribution < 1.29 is 0 Å². The zero-order valence-electron chi connectivity index (χ0n) is 6.85. The second kappa shape index (κ2) is 3.36. The van der Waals surface area contributed by atoms with Gasteiger partial charge in [-0.2, -0.15) is 4.80 Å². The lowest BCUT2D eigenvalue weighted by molar-refractivity contribution is 0.630. The molecule has 2 rings (SSSR count). The van der Waals surface area contributed by atoms with E-state index in [9.17, 15) is 0 Å². The molecule has 0 atom stereocenters. The molecule has 5 nitrogen and oxygen atoms in total. The molecule has 0 fully saturated rings. The van der Waals surface area contributed by atoms with Gasteiger partial charge in [0, 0.05) is 9.77 Å². The van der Waals surface area contributed by atoms with Crippen LogP contribution in [0.3, 0.4) is 0 Å². The van der Waals surface area contributed by atoms with E-state index in [2.05, 4.69) is 43.0 Å². The minimum Gasteiger partial charge on any atom is -0.252 e. The van der Waals surface area contributed by atoms with Crippen LogP contribution >= 0.6 is 22.6 Å². The van der Waals surface area contributed by atoms with Gasteiger partial charge in [0.05, 0.1) is 7.05 Å². The molecule has 0 amide bonds. The number of aryl methyl sites for hydroxylation is 1. The molecule has 13 heavy (non-hydrogen) atoms. The molecule has 0 N–H and O–H groups in total. The van der Waals surface area contributed by atoms with E-state index >= 15 is 0 Å². The van der Waals surface area contributed by atoms with Crippen LogP contribution in [0, 0.1) is 3.57 Å². The summed E-state index contributed by atoms with van der Waals surface area (Å²) in [5.74, 6) is 0.555. The van der Waals surface area contributed by atoms with Gasteiger partial charge in [-0.05, 0) is 39.9 Å².